The number of nitrogens with one attached hydrogen (secondary N) is 1. The summed E-state index contributed by atoms with van der Waals surface area (Å²) in [4.78, 5) is 16.4. The van der Waals surface area contributed by atoms with E-state index in [0.717, 1.165) is 57.7 Å². The van der Waals surface area contributed by atoms with Crippen molar-refractivity contribution in [1.29, 1.82) is 0 Å². The van der Waals surface area contributed by atoms with Crippen molar-refractivity contribution >= 4 is 5.91 Å². The van der Waals surface area contributed by atoms with Crippen LogP contribution >= 0.6 is 0 Å². The lowest BCUT2D eigenvalue weighted by Crippen LogP contribution is -2.51. The maximum Gasteiger partial charge on any atom is 0.233 e. The summed E-state index contributed by atoms with van der Waals surface area (Å²) in [5.74, 6) is -0.142. The first kappa shape index (κ1) is 18.3. The van der Waals surface area contributed by atoms with Crippen LogP contribution in [0.4, 0.5) is 4.39 Å². The molecule has 5 nitrogen and oxygen atoms in total. The fourth-order valence-corrected chi connectivity index (χ4v) is 4.04. The van der Waals surface area contributed by atoms with E-state index >= 15 is 0 Å². The van der Waals surface area contributed by atoms with E-state index < -0.39 is 0 Å². The molecule has 1 unspecified atom stereocenters. The highest BCUT2D eigenvalue weighted by Gasteiger charge is 2.39. The topological polar surface area (TPSA) is 44.8 Å². The summed E-state index contributed by atoms with van der Waals surface area (Å²) >= 11 is 0. The van der Waals surface area contributed by atoms with Crippen molar-refractivity contribution in [2.75, 3.05) is 53.0 Å². The smallest absolute Gasteiger partial charge is 0.233 e. The van der Waals surface area contributed by atoms with Gasteiger partial charge in [0.2, 0.25) is 5.91 Å². The highest BCUT2D eigenvalue weighted by Crippen LogP contribution is 2.33. The molecule has 0 aromatic heterocycles. The van der Waals surface area contributed by atoms with Crippen molar-refractivity contribution < 1.29 is 13.9 Å². The number of nitrogens with zero attached hydrogens (tertiary/aromatic N) is 2. The monoisotopic (exact) mass is 349 g/mol. The second kappa shape index (κ2) is 8.25. The molecule has 1 spiro atoms. The van der Waals surface area contributed by atoms with Crippen LogP contribution in [0.2, 0.25) is 0 Å². The molecule has 3 rings (SSSR count). The minimum absolute atomic E-state index is 0.0519. The van der Waals surface area contributed by atoms with Gasteiger partial charge in [-0.1, -0.05) is 12.1 Å². The Morgan fingerprint density at radius 2 is 2.00 bits per heavy atom. The average molecular weight is 349 g/mol. The Morgan fingerprint density at radius 3 is 2.76 bits per heavy atom. The van der Waals surface area contributed by atoms with Gasteiger partial charge in [0.05, 0.1) is 19.8 Å². The number of hydrogen-bond donors (Lipinski definition) is 1. The molecule has 2 heterocycles. The van der Waals surface area contributed by atoms with Crippen molar-refractivity contribution in [2.45, 2.75) is 19.4 Å². The van der Waals surface area contributed by atoms with Crippen molar-refractivity contribution in [3.63, 3.8) is 0 Å². The van der Waals surface area contributed by atoms with E-state index in [-0.39, 0.29) is 17.1 Å². The molecular weight excluding hydrogens is 321 g/mol. The fourth-order valence-electron chi connectivity index (χ4n) is 4.04. The lowest BCUT2D eigenvalue weighted by Gasteiger charge is -2.43. The lowest BCUT2D eigenvalue weighted by atomic mass is 9.80. The normalized spacial score (nSPS) is 25.7. The molecular formula is C19H28FN3O2. The Labute approximate surface area is 149 Å². The Hall–Kier alpha value is -1.50. The first-order valence-electron chi connectivity index (χ1n) is 9.06. The van der Waals surface area contributed by atoms with Gasteiger partial charge in [0.15, 0.2) is 0 Å². The molecule has 0 saturated carbocycles. The molecule has 1 N–H and O–H groups in total. The zero-order chi connectivity index (χ0) is 17.7. The van der Waals surface area contributed by atoms with Crippen LogP contribution in [0.3, 0.4) is 0 Å². The number of likely N-dealkylation sites (tertiary alicyclic amines) is 1. The largest absolute Gasteiger partial charge is 0.379 e. The number of benzene rings is 1. The molecule has 1 atom stereocenters. The van der Waals surface area contributed by atoms with E-state index in [9.17, 15) is 9.18 Å². The number of amides is 1. The third-order valence-corrected chi connectivity index (χ3v) is 5.23. The van der Waals surface area contributed by atoms with Gasteiger partial charge in [-0.3, -0.25) is 14.6 Å². The van der Waals surface area contributed by atoms with Crippen molar-refractivity contribution in [3.8, 4) is 0 Å². The van der Waals surface area contributed by atoms with Gasteiger partial charge in [0.25, 0.3) is 0 Å². The molecule has 0 bridgehead atoms. The highest BCUT2D eigenvalue weighted by atomic mass is 19.1. The van der Waals surface area contributed by atoms with Crippen molar-refractivity contribution in [1.82, 2.24) is 15.1 Å². The SMILES string of the molecule is CNC(=O)CN1CCOCC2(CCCN(Cc3ccc(F)cc3)C2)C1. The summed E-state index contributed by atoms with van der Waals surface area (Å²) in [6.07, 6.45) is 2.25. The van der Waals surface area contributed by atoms with Gasteiger partial charge in [-0.05, 0) is 37.1 Å². The van der Waals surface area contributed by atoms with Crippen LogP contribution < -0.4 is 5.32 Å². The molecule has 1 aromatic carbocycles. The van der Waals surface area contributed by atoms with Crippen LogP contribution in [-0.2, 0) is 16.1 Å². The van der Waals surface area contributed by atoms with Crippen LogP contribution in [-0.4, -0.2) is 68.7 Å². The first-order valence-corrected chi connectivity index (χ1v) is 9.06. The quantitative estimate of drug-likeness (QED) is 0.895. The first-order chi connectivity index (χ1) is 12.1. The zero-order valence-electron chi connectivity index (χ0n) is 15.0. The van der Waals surface area contributed by atoms with Gasteiger partial charge in [0, 0.05) is 38.6 Å². The average Bonchev–Trinajstić information content (AvgIpc) is 2.79. The Balaban J connectivity index is 1.64. The number of carbonyl (C=O) groups is 1. The predicted molar refractivity (Wildman–Crippen MR) is 94.7 cm³/mol. The van der Waals surface area contributed by atoms with E-state index in [1.807, 2.05) is 12.1 Å². The van der Waals surface area contributed by atoms with E-state index in [2.05, 4.69) is 15.1 Å². The zero-order valence-corrected chi connectivity index (χ0v) is 15.0. The van der Waals surface area contributed by atoms with Crippen LogP contribution in [0.1, 0.15) is 18.4 Å². The van der Waals surface area contributed by atoms with E-state index in [1.54, 1.807) is 7.05 Å². The van der Waals surface area contributed by atoms with Gasteiger partial charge in [-0.15, -0.1) is 0 Å². The Bertz CT molecular complexity index is 581. The second-order valence-electron chi connectivity index (χ2n) is 7.38. The van der Waals surface area contributed by atoms with Gasteiger partial charge in [-0.25, -0.2) is 4.39 Å². The van der Waals surface area contributed by atoms with Crippen LogP contribution in [0.15, 0.2) is 24.3 Å². The maximum absolute atomic E-state index is 13.1. The molecule has 25 heavy (non-hydrogen) atoms. The summed E-state index contributed by atoms with van der Waals surface area (Å²) in [5, 5.41) is 2.71. The summed E-state index contributed by atoms with van der Waals surface area (Å²) in [6.45, 7) is 6.38. The number of halogens is 1. The summed E-state index contributed by atoms with van der Waals surface area (Å²) < 4.78 is 19.0. The van der Waals surface area contributed by atoms with Gasteiger partial charge in [-0.2, -0.15) is 0 Å². The highest BCUT2D eigenvalue weighted by molar-refractivity contribution is 5.77. The molecule has 138 valence electrons. The molecule has 0 radical (unpaired) electrons. The standard InChI is InChI=1S/C19H28FN3O2/c1-21-18(24)12-23-9-10-25-15-19(14-23)7-2-8-22(13-19)11-16-3-5-17(20)6-4-16/h3-6H,2,7-15H2,1H3,(H,21,24). The number of ether oxygens (including phenoxy) is 1. The lowest BCUT2D eigenvalue weighted by molar-refractivity contribution is -0.122. The molecule has 1 amide bonds. The summed E-state index contributed by atoms with van der Waals surface area (Å²) in [5.41, 5.74) is 1.21. The molecule has 2 saturated heterocycles. The summed E-state index contributed by atoms with van der Waals surface area (Å²) in [7, 11) is 1.68. The van der Waals surface area contributed by atoms with E-state index in [0.29, 0.717) is 13.2 Å². The van der Waals surface area contributed by atoms with Crippen LogP contribution in [0.25, 0.3) is 0 Å². The molecule has 0 aliphatic carbocycles. The second-order valence-corrected chi connectivity index (χ2v) is 7.38. The molecule has 6 heteroatoms. The number of piperidine rings is 1. The van der Waals surface area contributed by atoms with Gasteiger partial charge >= 0.3 is 0 Å². The predicted octanol–water partition coefficient (Wildman–Crippen LogP) is 1.49. The third kappa shape index (κ3) is 5.00. The minimum Gasteiger partial charge on any atom is -0.379 e. The fraction of sp³-hybridized carbons (Fsp3) is 0.632. The Morgan fingerprint density at radius 1 is 1.24 bits per heavy atom. The number of carbonyl (C=O) groups excluding carboxylic acids is 1. The minimum atomic E-state index is -0.194. The number of hydrogen-bond acceptors (Lipinski definition) is 4. The molecule has 2 fully saturated rings. The third-order valence-electron chi connectivity index (χ3n) is 5.23. The van der Waals surface area contributed by atoms with Gasteiger partial charge < -0.3 is 10.1 Å². The van der Waals surface area contributed by atoms with Gasteiger partial charge in [0.1, 0.15) is 5.82 Å². The van der Waals surface area contributed by atoms with Crippen LogP contribution in [0.5, 0.6) is 0 Å². The van der Waals surface area contributed by atoms with Crippen molar-refractivity contribution in [2.24, 2.45) is 5.41 Å². The van der Waals surface area contributed by atoms with E-state index in [4.69, 9.17) is 4.74 Å². The summed E-state index contributed by atoms with van der Waals surface area (Å²) in [6, 6.07) is 6.76. The maximum atomic E-state index is 13.1. The molecule has 2 aliphatic heterocycles. The van der Waals surface area contributed by atoms with Crippen LogP contribution in [0, 0.1) is 11.2 Å². The molecule has 1 aromatic rings. The van der Waals surface area contributed by atoms with Crippen molar-refractivity contribution in [3.05, 3.63) is 35.6 Å². The number of likely N-dealkylation sites (N-methyl/N-ethyl adjacent to an activating group) is 1. The molecule has 2 aliphatic rings. The number of rotatable bonds is 4. The Kier molecular flexibility index (Phi) is 6.04. The van der Waals surface area contributed by atoms with E-state index in [1.165, 1.54) is 12.1 Å².